The van der Waals surface area contributed by atoms with Gasteiger partial charge in [0.15, 0.2) is 5.16 Å². The molecule has 0 spiro atoms. The van der Waals surface area contributed by atoms with E-state index in [0.717, 1.165) is 21.9 Å². The Morgan fingerprint density at radius 1 is 1.33 bits per heavy atom. The molecule has 0 radical (unpaired) electrons. The first-order chi connectivity index (χ1) is 10.2. The molecule has 116 valence electrons. The van der Waals surface area contributed by atoms with Crippen LogP contribution < -0.4 is 4.74 Å². The summed E-state index contributed by atoms with van der Waals surface area (Å²) in [5.41, 5.74) is 1.80. The molecule has 1 unspecified atom stereocenters. The van der Waals surface area contributed by atoms with Crippen LogP contribution >= 0.6 is 11.8 Å². The van der Waals surface area contributed by atoms with Crippen LogP contribution in [0, 0.1) is 0 Å². The van der Waals surface area contributed by atoms with Crippen LogP contribution in [-0.4, -0.2) is 61.0 Å². The average Bonchev–Trinajstić information content (AvgIpc) is 2.91. The lowest BCUT2D eigenvalue weighted by atomic mass is 10.3. The molecule has 1 aromatic heterocycles. The van der Waals surface area contributed by atoms with E-state index >= 15 is 0 Å². The van der Waals surface area contributed by atoms with Gasteiger partial charge in [0.1, 0.15) is 5.75 Å². The number of ether oxygens (including phenoxy) is 3. The first-order valence-electron chi connectivity index (χ1n) is 6.64. The van der Waals surface area contributed by atoms with E-state index in [4.69, 9.17) is 14.2 Å². The molecule has 0 aliphatic heterocycles. The van der Waals surface area contributed by atoms with Gasteiger partial charge in [0.25, 0.3) is 0 Å². The maximum atomic E-state index is 9.82. The van der Waals surface area contributed by atoms with Crippen LogP contribution in [-0.2, 0) is 9.47 Å². The second-order valence-corrected chi connectivity index (χ2v) is 5.47. The van der Waals surface area contributed by atoms with Gasteiger partial charge >= 0.3 is 0 Å². The quantitative estimate of drug-likeness (QED) is 0.542. The molecule has 0 amide bonds. The van der Waals surface area contributed by atoms with E-state index in [1.54, 1.807) is 14.2 Å². The summed E-state index contributed by atoms with van der Waals surface area (Å²) in [5, 5.41) is 10.6. The Labute approximate surface area is 127 Å². The van der Waals surface area contributed by atoms with Crippen molar-refractivity contribution < 1.29 is 19.3 Å². The first kappa shape index (κ1) is 16.1. The number of aromatic amines is 1. The number of methoxy groups -OCH3 is 2. The second-order valence-electron chi connectivity index (χ2n) is 4.46. The SMILES string of the molecule is COCCOCC(O)CSc1nc2ccc(OC)cc2[nH]1. The maximum Gasteiger partial charge on any atom is 0.166 e. The van der Waals surface area contributed by atoms with Crippen LogP contribution in [0.3, 0.4) is 0 Å². The zero-order chi connectivity index (χ0) is 15.1. The summed E-state index contributed by atoms with van der Waals surface area (Å²) in [6, 6.07) is 5.67. The van der Waals surface area contributed by atoms with Crippen LogP contribution in [0.2, 0.25) is 0 Å². The smallest absolute Gasteiger partial charge is 0.166 e. The van der Waals surface area contributed by atoms with E-state index in [9.17, 15) is 5.11 Å². The van der Waals surface area contributed by atoms with Crippen molar-refractivity contribution in [2.24, 2.45) is 0 Å². The van der Waals surface area contributed by atoms with Gasteiger partial charge in [0, 0.05) is 18.9 Å². The van der Waals surface area contributed by atoms with E-state index in [1.807, 2.05) is 18.2 Å². The van der Waals surface area contributed by atoms with Crippen molar-refractivity contribution in [2.75, 3.05) is 39.8 Å². The highest BCUT2D eigenvalue weighted by Gasteiger charge is 2.09. The van der Waals surface area contributed by atoms with Gasteiger partial charge in [-0.25, -0.2) is 4.98 Å². The van der Waals surface area contributed by atoms with Gasteiger partial charge in [0.05, 0.1) is 44.1 Å². The predicted octanol–water partition coefficient (Wildman–Crippen LogP) is 1.69. The first-order valence-corrected chi connectivity index (χ1v) is 7.62. The molecule has 2 rings (SSSR count). The fourth-order valence-electron chi connectivity index (χ4n) is 1.75. The van der Waals surface area contributed by atoms with Crippen LogP contribution in [0.4, 0.5) is 0 Å². The van der Waals surface area contributed by atoms with Crippen LogP contribution in [0.15, 0.2) is 23.4 Å². The normalized spacial score (nSPS) is 12.7. The van der Waals surface area contributed by atoms with E-state index in [1.165, 1.54) is 11.8 Å². The zero-order valence-electron chi connectivity index (χ0n) is 12.2. The summed E-state index contributed by atoms with van der Waals surface area (Å²) < 4.78 is 15.3. The number of aliphatic hydroxyl groups excluding tert-OH is 1. The Morgan fingerprint density at radius 3 is 2.95 bits per heavy atom. The van der Waals surface area contributed by atoms with E-state index in [-0.39, 0.29) is 0 Å². The lowest BCUT2D eigenvalue weighted by molar-refractivity contribution is 0.0218. The van der Waals surface area contributed by atoms with Gasteiger partial charge in [-0.3, -0.25) is 0 Å². The molecule has 2 aromatic rings. The summed E-state index contributed by atoms with van der Waals surface area (Å²) in [6.07, 6.45) is -0.533. The lowest BCUT2D eigenvalue weighted by Gasteiger charge is -2.09. The molecule has 1 atom stereocenters. The molecule has 1 heterocycles. The van der Waals surface area contributed by atoms with Gasteiger partial charge in [-0.1, -0.05) is 11.8 Å². The maximum absolute atomic E-state index is 9.82. The Kier molecular flexibility index (Phi) is 6.31. The summed E-state index contributed by atoms with van der Waals surface area (Å²) in [4.78, 5) is 7.65. The number of nitrogens with one attached hydrogen (secondary N) is 1. The van der Waals surface area contributed by atoms with Gasteiger partial charge < -0.3 is 24.3 Å². The molecule has 0 saturated heterocycles. The fourth-order valence-corrected chi connectivity index (χ4v) is 2.54. The second kappa shape index (κ2) is 8.23. The van der Waals surface area contributed by atoms with Crippen molar-refractivity contribution in [3.05, 3.63) is 18.2 Å². The third-order valence-electron chi connectivity index (χ3n) is 2.82. The number of fused-ring (bicyclic) bond motifs is 1. The monoisotopic (exact) mass is 312 g/mol. The van der Waals surface area contributed by atoms with Gasteiger partial charge in [-0.2, -0.15) is 0 Å². The number of nitrogens with zero attached hydrogens (tertiary/aromatic N) is 1. The summed E-state index contributed by atoms with van der Waals surface area (Å²) in [5.74, 6) is 1.30. The minimum Gasteiger partial charge on any atom is -0.497 e. The Hall–Kier alpha value is -1.28. The Bertz CT molecular complexity index is 561. The number of thioether (sulfide) groups is 1. The minimum absolute atomic E-state index is 0.296. The molecule has 1 aromatic carbocycles. The minimum atomic E-state index is -0.533. The molecule has 0 fully saturated rings. The van der Waals surface area contributed by atoms with Crippen molar-refractivity contribution in [2.45, 2.75) is 11.3 Å². The molecular weight excluding hydrogens is 292 g/mol. The van der Waals surface area contributed by atoms with Gasteiger partial charge in [-0.15, -0.1) is 0 Å². The van der Waals surface area contributed by atoms with E-state index in [0.29, 0.717) is 25.6 Å². The van der Waals surface area contributed by atoms with Crippen LogP contribution in [0.5, 0.6) is 5.75 Å². The molecule has 7 heteroatoms. The van der Waals surface area contributed by atoms with Crippen molar-refractivity contribution >= 4 is 22.8 Å². The van der Waals surface area contributed by atoms with E-state index < -0.39 is 6.10 Å². The highest BCUT2D eigenvalue weighted by Crippen LogP contribution is 2.23. The molecule has 0 saturated carbocycles. The number of imidazole rings is 1. The Morgan fingerprint density at radius 2 is 2.19 bits per heavy atom. The Balaban J connectivity index is 1.82. The number of H-pyrrole nitrogens is 1. The highest BCUT2D eigenvalue weighted by atomic mass is 32.2. The predicted molar refractivity (Wildman–Crippen MR) is 82.1 cm³/mol. The molecule has 0 aliphatic rings. The van der Waals surface area contributed by atoms with Crippen LogP contribution in [0.25, 0.3) is 11.0 Å². The van der Waals surface area contributed by atoms with Gasteiger partial charge in [0.2, 0.25) is 0 Å². The number of hydrogen-bond donors (Lipinski definition) is 2. The number of rotatable bonds is 9. The fraction of sp³-hybridized carbons (Fsp3) is 0.500. The average molecular weight is 312 g/mol. The van der Waals surface area contributed by atoms with Gasteiger partial charge in [-0.05, 0) is 12.1 Å². The highest BCUT2D eigenvalue weighted by molar-refractivity contribution is 7.99. The van der Waals surface area contributed by atoms with E-state index in [2.05, 4.69) is 9.97 Å². The molecular formula is C14H20N2O4S. The standard InChI is InChI=1S/C14H20N2O4S/c1-18-5-6-20-8-10(17)9-21-14-15-12-4-3-11(19-2)7-13(12)16-14/h3-4,7,10,17H,5-6,8-9H2,1-2H3,(H,15,16). The number of aliphatic hydroxyl groups is 1. The summed E-state index contributed by atoms with van der Waals surface area (Å²) >= 11 is 1.46. The largest absolute Gasteiger partial charge is 0.497 e. The molecule has 0 aliphatic carbocycles. The topological polar surface area (TPSA) is 76.6 Å². The van der Waals surface area contributed by atoms with Crippen molar-refractivity contribution in [3.8, 4) is 5.75 Å². The molecule has 21 heavy (non-hydrogen) atoms. The number of hydrogen-bond acceptors (Lipinski definition) is 6. The number of benzene rings is 1. The molecule has 6 nitrogen and oxygen atoms in total. The lowest BCUT2D eigenvalue weighted by Crippen LogP contribution is -2.19. The molecule has 2 N–H and O–H groups in total. The molecule has 0 bridgehead atoms. The third kappa shape index (κ3) is 4.89. The van der Waals surface area contributed by atoms with Crippen LogP contribution in [0.1, 0.15) is 0 Å². The summed E-state index contributed by atoms with van der Waals surface area (Å²) in [6.45, 7) is 1.32. The third-order valence-corrected chi connectivity index (χ3v) is 3.84. The number of aromatic nitrogens is 2. The summed E-state index contributed by atoms with van der Waals surface area (Å²) in [7, 11) is 3.25. The zero-order valence-corrected chi connectivity index (χ0v) is 13.0. The van der Waals surface area contributed by atoms with Crippen molar-refractivity contribution in [3.63, 3.8) is 0 Å². The van der Waals surface area contributed by atoms with Crippen molar-refractivity contribution in [1.82, 2.24) is 9.97 Å². The van der Waals surface area contributed by atoms with Crippen molar-refractivity contribution in [1.29, 1.82) is 0 Å².